The molecule has 0 fully saturated rings. The Morgan fingerprint density at radius 1 is 0.231 bits per heavy atom. The molecular weight excluding hydrogens is 1960 g/mol. The third kappa shape index (κ3) is 20.4. The molecule has 4 aliphatic rings. The second kappa shape index (κ2) is 39.5. The van der Waals surface area contributed by atoms with Gasteiger partial charge in [0.2, 0.25) is 0 Å². The largest absolute Gasteiger partial charge is 2.00 e. The van der Waals surface area contributed by atoms with Gasteiger partial charge in [-0.1, -0.05) is 270 Å². The van der Waals surface area contributed by atoms with Gasteiger partial charge in [0.05, 0.1) is 45.6 Å². The van der Waals surface area contributed by atoms with E-state index < -0.39 is 8.07 Å². The maximum absolute atomic E-state index is 5.73. The van der Waals surface area contributed by atoms with Crippen LogP contribution in [0.5, 0.6) is 0 Å². The SMILES string of the molecule is Cc1cc(C)c(-c2c3nc(c(-c4ccc(C#Cc5cc(C#Cc6ccc(-c7c8nc(c(-c9c(C)cc(C)cc9C)c9ccc([n-]9)c(-c9ccc(C#C[Si](C)(C)C)cc9)c9nc(c(-c%10c(C)cc(C)cc%10C)c%10ccc7[n-]%10)C=C9)C=C8)cc6)cc(C(C)(C)C)c5)cc4)c4ccc([n-]4)c(-c4c(C)cc(C)cc4C)c4nc(c(-c5ccc(C#Cc6cc(I)cc(C(C)(C)C)c6)cc5)c5ccc2[n-]5)C=C4)C=C3)c(C)c1.[Ni+2].[Zn+2]. The maximum atomic E-state index is 5.73. The Labute approximate surface area is 879 Å². The summed E-state index contributed by atoms with van der Waals surface area (Å²) < 4.78 is 1.17. The third-order valence-electron chi connectivity index (χ3n) is 26.8. The summed E-state index contributed by atoms with van der Waals surface area (Å²) in [4.78, 5) is 45.6. The first-order valence-corrected chi connectivity index (χ1v) is 53.0. The molecule has 0 radical (unpaired) electrons. The molecule has 0 unspecified atom stereocenters. The number of halogens is 1. The minimum atomic E-state index is -1.63. The van der Waals surface area contributed by atoms with Crippen LogP contribution < -0.4 is 19.9 Å². The first-order valence-electron chi connectivity index (χ1n) is 48.4. The fourth-order valence-corrected chi connectivity index (χ4v) is 21.7. The number of aryl methyl sites for hydroxylation is 12. The zero-order chi connectivity index (χ0) is 98.5. The number of hydrogen-bond acceptors (Lipinski definition) is 4. The predicted molar refractivity (Wildman–Crippen MR) is 605 cm³/mol. The van der Waals surface area contributed by atoms with E-state index in [4.69, 9.17) is 39.9 Å². The van der Waals surface area contributed by atoms with Gasteiger partial charge >= 0.3 is 36.0 Å². The van der Waals surface area contributed by atoms with Crippen LogP contribution in [-0.4, -0.2) is 28.0 Å². The van der Waals surface area contributed by atoms with E-state index in [-0.39, 0.29) is 46.8 Å². The van der Waals surface area contributed by atoms with Crippen LogP contribution in [-0.2, 0) is 46.8 Å². The molecule has 10 heterocycles. The van der Waals surface area contributed by atoms with Gasteiger partial charge in [0.25, 0.3) is 0 Å². The standard InChI is InChI=1S/C131H109IN8Si.Ni.Zn/c1-76-62-80(5)118(81(6)63-76)126-110-52-44-102(133-110)122(103-45-53-111(134-103)127(119-82(7)64-77(2)65-83(119)8)113-57-49-107(138-113)124(106-48-56-112(126)137-106)97-40-32-90(33-41-97)24-27-94-73-100(131(16,17)18)75-101(132)74-94)95-36-28-88(29-37-95)22-25-92-70-93(72-99(71-92)130(13,14)15)26-23-89-30-38-96(39-31-89)123-104-46-54-114(135-104)128(120-84(9)66-78(3)67-85(120)10)116-58-50-108(139-116)125(98-42-34-91(35-43-98)60-61-141(19,20)21)109-51-59-117(140-109)129(115-55-47-105(123)136-115)121-86(11)68-79(4)69-87(121)12;;/h28-59,62-75H,1-21H3;;/q-4;2*+2. The number of hydrogen-bond donors (Lipinski definition) is 0. The molecule has 0 atom stereocenters. The van der Waals surface area contributed by atoms with Crippen molar-refractivity contribution in [3.05, 3.63) is 396 Å². The summed E-state index contributed by atoms with van der Waals surface area (Å²) in [6.45, 7) is 46.5. The van der Waals surface area contributed by atoms with E-state index in [0.29, 0.717) is 0 Å². The first kappa shape index (κ1) is 98.9. The Balaban J connectivity index is 0.00000674. The zero-order valence-corrected chi connectivity index (χ0v) is 92.1. The molecule has 16 bridgehead atoms. The van der Waals surface area contributed by atoms with Gasteiger partial charge in [-0.15, -0.1) is 49.7 Å². The van der Waals surface area contributed by atoms with Gasteiger partial charge in [0.1, 0.15) is 8.07 Å². The fourth-order valence-electron chi connectivity index (χ4n) is 20.6. The van der Waals surface area contributed by atoms with Crippen LogP contribution in [0.25, 0.3) is 182 Å². The average molecular weight is 2070 g/mol. The summed E-state index contributed by atoms with van der Waals surface area (Å²) in [5.41, 5.74) is 54.5. The van der Waals surface area contributed by atoms with E-state index in [0.717, 1.165) is 268 Å². The van der Waals surface area contributed by atoms with Crippen LogP contribution in [0.3, 0.4) is 0 Å². The normalized spacial score (nSPS) is 12.0. The van der Waals surface area contributed by atoms with Crippen molar-refractivity contribution >= 4 is 123 Å². The van der Waals surface area contributed by atoms with Gasteiger partial charge in [-0.3, -0.25) is 0 Å². The van der Waals surface area contributed by atoms with Crippen LogP contribution >= 0.6 is 22.6 Å². The number of nitrogens with zero attached hydrogens (tertiary/aromatic N) is 8. The summed E-state index contributed by atoms with van der Waals surface area (Å²) in [7, 11) is -1.63. The van der Waals surface area contributed by atoms with E-state index in [9.17, 15) is 0 Å². The fraction of sp³-hybridized carbons (Fsp3) is 0.176. The molecule has 0 aliphatic carbocycles. The minimum absolute atomic E-state index is 0. The molecule has 20 rings (SSSR count). The van der Waals surface area contributed by atoms with Gasteiger partial charge in [0.15, 0.2) is 0 Å². The summed E-state index contributed by atoms with van der Waals surface area (Å²) >= 11 is 2.40. The molecule has 0 N–H and O–H groups in total. The Morgan fingerprint density at radius 2 is 0.427 bits per heavy atom. The summed E-state index contributed by atoms with van der Waals surface area (Å²) in [6, 6.07) is 82.7. The van der Waals surface area contributed by atoms with Crippen LogP contribution in [0.2, 0.25) is 19.6 Å². The van der Waals surface area contributed by atoms with E-state index in [2.05, 4.69) is 493 Å². The molecule has 0 spiro atoms. The maximum Gasteiger partial charge on any atom is 2.00 e. The van der Waals surface area contributed by atoms with Crippen molar-refractivity contribution in [2.45, 2.75) is 155 Å². The molecule has 10 aromatic carbocycles. The van der Waals surface area contributed by atoms with E-state index >= 15 is 0 Å². The molecule has 0 saturated carbocycles. The second-order valence-electron chi connectivity index (χ2n) is 41.4. The molecule has 8 nitrogen and oxygen atoms in total. The molecular formula is C131H109IN8NiSiZn. The minimum Gasteiger partial charge on any atom is -0.657 e. The van der Waals surface area contributed by atoms with Gasteiger partial charge in [-0.25, -0.2) is 19.9 Å². The van der Waals surface area contributed by atoms with Crippen LogP contribution in [0.1, 0.15) is 204 Å². The molecule has 4 aliphatic heterocycles. The van der Waals surface area contributed by atoms with Crippen molar-refractivity contribution in [1.82, 2.24) is 39.9 Å². The smallest absolute Gasteiger partial charge is 0.657 e. The van der Waals surface area contributed by atoms with Crippen molar-refractivity contribution in [2.75, 3.05) is 0 Å². The second-order valence-corrected chi connectivity index (χ2v) is 47.4. The quantitative estimate of drug-likeness (QED) is 0.0841. The Kier molecular flexibility index (Phi) is 27.3. The van der Waals surface area contributed by atoms with Gasteiger partial charge < -0.3 is 19.9 Å². The number of aromatic nitrogens is 8. The molecule has 12 heteroatoms. The van der Waals surface area contributed by atoms with Crippen LogP contribution in [0.15, 0.2) is 231 Å². The topological polar surface area (TPSA) is 108 Å². The zero-order valence-electron chi connectivity index (χ0n) is 85.0. The molecule has 6 aromatic heterocycles. The number of fused-ring (bicyclic) bond motifs is 16. The first-order chi connectivity index (χ1) is 67.5. The summed E-state index contributed by atoms with van der Waals surface area (Å²) in [5.74, 6) is 24.9. The van der Waals surface area contributed by atoms with Gasteiger partial charge in [-0.05, 0) is 395 Å². The van der Waals surface area contributed by atoms with Gasteiger partial charge in [0, 0.05) is 42.5 Å². The molecule has 16 aromatic rings. The van der Waals surface area contributed by atoms with Crippen molar-refractivity contribution in [3.63, 3.8) is 0 Å². The van der Waals surface area contributed by atoms with Crippen molar-refractivity contribution in [3.8, 4) is 136 Å². The van der Waals surface area contributed by atoms with Crippen LogP contribution in [0, 0.1) is 134 Å². The number of benzene rings is 10. The van der Waals surface area contributed by atoms with E-state index in [1.807, 2.05) is 0 Å². The van der Waals surface area contributed by atoms with E-state index in [1.165, 1.54) is 31.4 Å². The third-order valence-corrected chi connectivity index (χ3v) is 28.3. The summed E-state index contributed by atoms with van der Waals surface area (Å²) in [5, 5.41) is 0. The Hall–Kier alpha value is -14.3. The molecule has 143 heavy (non-hydrogen) atoms. The Morgan fingerprint density at radius 3 is 0.650 bits per heavy atom. The predicted octanol–water partition coefficient (Wildman–Crippen LogP) is 31.8. The van der Waals surface area contributed by atoms with Crippen molar-refractivity contribution in [1.29, 1.82) is 0 Å². The molecule has 696 valence electrons. The van der Waals surface area contributed by atoms with Crippen LogP contribution in [0.4, 0.5) is 0 Å². The monoisotopic (exact) mass is 2070 g/mol. The summed E-state index contributed by atoms with van der Waals surface area (Å²) in [6.07, 6.45) is 17.2. The van der Waals surface area contributed by atoms with Gasteiger partial charge in [-0.2, -0.15) is 0 Å². The molecule has 0 amide bonds. The van der Waals surface area contributed by atoms with E-state index in [1.54, 1.807) is 0 Å². The Bertz CT molecular complexity index is 8550. The number of rotatable bonds is 8. The average Bonchev–Trinajstić information content (AvgIpc) is 1.60. The van der Waals surface area contributed by atoms with Crippen molar-refractivity contribution < 1.29 is 36.0 Å². The van der Waals surface area contributed by atoms with Crippen molar-refractivity contribution in [2.24, 2.45) is 0 Å². The molecule has 0 saturated heterocycles.